The summed E-state index contributed by atoms with van der Waals surface area (Å²) in [5, 5.41) is 19.4. The number of rotatable bonds is 5. The lowest BCUT2D eigenvalue weighted by Gasteiger charge is -2.10. The maximum absolute atomic E-state index is 5.82. The molecule has 0 fully saturated rings. The molecule has 0 saturated carbocycles. The zero-order valence-electron chi connectivity index (χ0n) is 13.7. The van der Waals surface area contributed by atoms with Crippen LogP contribution in [0.5, 0.6) is 0 Å². The summed E-state index contributed by atoms with van der Waals surface area (Å²) in [6, 6.07) is 12.1. The molecule has 3 heterocycles. The molecule has 6 nitrogen and oxygen atoms in total. The summed E-state index contributed by atoms with van der Waals surface area (Å²) in [5.74, 6) is 1.13. The molecule has 0 aliphatic heterocycles. The molecular weight excluding hydrogens is 354 g/mol. The van der Waals surface area contributed by atoms with Crippen LogP contribution in [0.4, 0.5) is 0 Å². The highest BCUT2D eigenvalue weighted by atomic mass is 32.2. The van der Waals surface area contributed by atoms with E-state index >= 15 is 0 Å². The van der Waals surface area contributed by atoms with Gasteiger partial charge in [0.25, 0.3) is 5.89 Å². The largest absolute Gasteiger partial charge is 0.419 e. The first-order valence-electron chi connectivity index (χ1n) is 7.72. The third kappa shape index (κ3) is 3.22. The van der Waals surface area contributed by atoms with Crippen LogP contribution < -0.4 is 0 Å². The van der Waals surface area contributed by atoms with Crippen molar-refractivity contribution in [2.75, 3.05) is 0 Å². The van der Waals surface area contributed by atoms with Crippen LogP contribution in [0.2, 0.25) is 0 Å². The third-order valence-electron chi connectivity index (χ3n) is 3.69. The highest BCUT2D eigenvalue weighted by Gasteiger charge is 2.20. The maximum atomic E-state index is 5.82. The molecule has 8 heteroatoms. The number of thiophene rings is 1. The Labute approximate surface area is 152 Å². The summed E-state index contributed by atoms with van der Waals surface area (Å²) in [4.78, 5) is 0.971. The molecule has 0 bridgehead atoms. The van der Waals surface area contributed by atoms with Gasteiger partial charge in [-0.2, -0.15) is 0 Å². The molecule has 0 N–H and O–H groups in total. The molecule has 1 aromatic carbocycles. The molecule has 3 aromatic heterocycles. The number of benzene rings is 1. The first-order chi connectivity index (χ1) is 12.2. The van der Waals surface area contributed by atoms with E-state index in [1.807, 2.05) is 41.1 Å². The maximum Gasteiger partial charge on any atom is 0.257 e. The summed E-state index contributed by atoms with van der Waals surface area (Å²) in [7, 11) is 0. The van der Waals surface area contributed by atoms with Crippen molar-refractivity contribution in [3.8, 4) is 16.5 Å². The van der Waals surface area contributed by atoms with Gasteiger partial charge in [0.15, 0.2) is 5.16 Å². The summed E-state index contributed by atoms with van der Waals surface area (Å²) in [6.07, 6.45) is 1.72. The molecule has 0 amide bonds. The van der Waals surface area contributed by atoms with Crippen molar-refractivity contribution in [3.05, 3.63) is 59.6 Å². The smallest absolute Gasteiger partial charge is 0.257 e. The van der Waals surface area contributed by atoms with Gasteiger partial charge >= 0.3 is 0 Å². The second-order valence-corrected chi connectivity index (χ2v) is 7.71. The number of aryl methyl sites for hydroxylation is 1. The Balaban J connectivity index is 1.57. The summed E-state index contributed by atoms with van der Waals surface area (Å²) in [5.41, 5.74) is 2.22. The van der Waals surface area contributed by atoms with E-state index in [1.54, 1.807) is 29.4 Å². The highest BCUT2D eigenvalue weighted by Crippen LogP contribution is 2.35. The van der Waals surface area contributed by atoms with E-state index in [1.165, 1.54) is 0 Å². The minimum atomic E-state index is -0.0341. The van der Waals surface area contributed by atoms with Crippen molar-refractivity contribution in [3.63, 3.8) is 0 Å². The molecule has 0 radical (unpaired) electrons. The molecular formula is C17H15N5OS2. The number of hydrogen-bond acceptors (Lipinski definition) is 7. The zero-order valence-corrected chi connectivity index (χ0v) is 15.3. The fourth-order valence-electron chi connectivity index (χ4n) is 2.41. The lowest BCUT2D eigenvalue weighted by molar-refractivity contribution is 0.510. The minimum absolute atomic E-state index is 0.0341. The Morgan fingerprint density at radius 3 is 2.80 bits per heavy atom. The average molecular weight is 369 g/mol. The van der Waals surface area contributed by atoms with Gasteiger partial charge in [-0.25, -0.2) is 0 Å². The Bertz CT molecular complexity index is 977. The number of aromatic nitrogens is 5. The molecule has 0 spiro atoms. The predicted molar refractivity (Wildman–Crippen MR) is 98.0 cm³/mol. The Kier molecular flexibility index (Phi) is 4.37. The molecule has 0 unspecified atom stereocenters. The van der Waals surface area contributed by atoms with Crippen molar-refractivity contribution < 1.29 is 4.42 Å². The summed E-state index contributed by atoms with van der Waals surface area (Å²) in [6.45, 7) is 4.09. The van der Waals surface area contributed by atoms with Crippen LogP contribution in [-0.2, 0) is 0 Å². The van der Waals surface area contributed by atoms with Crippen molar-refractivity contribution in [2.24, 2.45) is 0 Å². The van der Waals surface area contributed by atoms with Crippen LogP contribution in [-0.4, -0.2) is 25.0 Å². The fraction of sp³-hybridized carbons (Fsp3) is 0.176. The van der Waals surface area contributed by atoms with Gasteiger partial charge < -0.3 is 4.42 Å². The lowest BCUT2D eigenvalue weighted by Crippen LogP contribution is -1.99. The highest BCUT2D eigenvalue weighted by molar-refractivity contribution is 7.99. The van der Waals surface area contributed by atoms with E-state index in [9.17, 15) is 0 Å². The van der Waals surface area contributed by atoms with Gasteiger partial charge in [-0.3, -0.25) is 4.57 Å². The van der Waals surface area contributed by atoms with E-state index in [-0.39, 0.29) is 5.25 Å². The first-order valence-corrected chi connectivity index (χ1v) is 9.48. The molecule has 0 aliphatic rings. The topological polar surface area (TPSA) is 69.6 Å². The van der Waals surface area contributed by atoms with Crippen LogP contribution in [0.1, 0.15) is 23.6 Å². The van der Waals surface area contributed by atoms with Crippen molar-refractivity contribution in [1.82, 2.24) is 25.0 Å². The molecule has 0 saturated heterocycles. The number of nitrogens with zero attached hydrogens (tertiary/aromatic N) is 5. The Hall–Kier alpha value is -2.45. The predicted octanol–water partition coefficient (Wildman–Crippen LogP) is 4.54. The van der Waals surface area contributed by atoms with Crippen LogP contribution in [0.3, 0.4) is 0 Å². The van der Waals surface area contributed by atoms with Crippen molar-refractivity contribution >= 4 is 23.1 Å². The molecule has 4 rings (SSSR count). The van der Waals surface area contributed by atoms with Crippen molar-refractivity contribution in [1.29, 1.82) is 0 Å². The second kappa shape index (κ2) is 6.81. The van der Waals surface area contributed by atoms with E-state index in [0.717, 1.165) is 21.3 Å². The number of hydrogen-bond donors (Lipinski definition) is 0. The van der Waals surface area contributed by atoms with Crippen LogP contribution in [0.15, 0.2) is 57.7 Å². The Morgan fingerprint density at radius 2 is 2.00 bits per heavy atom. The third-order valence-corrected chi connectivity index (χ3v) is 5.60. The molecule has 0 aliphatic carbocycles. The molecule has 1 atom stereocenters. The monoisotopic (exact) mass is 369 g/mol. The standard InChI is InChI=1S/C17H15N5OS2/c1-11-6-3-4-7-13(11)22-10-18-21-17(22)25-12(2)15-19-20-16(23-15)14-8-5-9-24-14/h3-10,12H,1-2H3/t12-/m0/s1. The van der Waals surface area contributed by atoms with Gasteiger partial charge in [0.05, 0.1) is 15.8 Å². The van der Waals surface area contributed by atoms with E-state index in [0.29, 0.717) is 11.8 Å². The normalized spacial score (nSPS) is 12.4. The van der Waals surface area contributed by atoms with Crippen LogP contribution in [0.25, 0.3) is 16.5 Å². The second-order valence-electron chi connectivity index (χ2n) is 5.45. The Morgan fingerprint density at radius 1 is 1.12 bits per heavy atom. The zero-order chi connectivity index (χ0) is 17.2. The van der Waals surface area contributed by atoms with Crippen LogP contribution >= 0.6 is 23.1 Å². The van der Waals surface area contributed by atoms with Gasteiger partial charge in [0.2, 0.25) is 5.89 Å². The van der Waals surface area contributed by atoms with Gasteiger partial charge in [0.1, 0.15) is 6.33 Å². The fourth-order valence-corrected chi connectivity index (χ4v) is 3.92. The van der Waals surface area contributed by atoms with Crippen LogP contribution in [0, 0.1) is 6.92 Å². The van der Waals surface area contributed by atoms with E-state index < -0.39 is 0 Å². The molecule has 25 heavy (non-hydrogen) atoms. The minimum Gasteiger partial charge on any atom is -0.419 e. The quantitative estimate of drug-likeness (QED) is 0.481. The van der Waals surface area contributed by atoms with Crippen molar-refractivity contribution in [2.45, 2.75) is 24.3 Å². The van der Waals surface area contributed by atoms with Gasteiger partial charge in [0, 0.05) is 0 Å². The SMILES string of the molecule is Cc1ccccc1-n1cnnc1S[C@@H](C)c1nnc(-c2cccs2)o1. The van der Waals surface area contributed by atoms with Gasteiger partial charge in [-0.1, -0.05) is 36.0 Å². The number of thioether (sulfide) groups is 1. The summed E-state index contributed by atoms with van der Waals surface area (Å²) < 4.78 is 7.80. The number of para-hydroxylation sites is 1. The van der Waals surface area contributed by atoms with Gasteiger partial charge in [-0.05, 0) is 36.9 Å². The van der Waals surface area contributed by atoms with E-state index in [2.05, 4.69) is 39.5 Å². The average Bonchev–Trinajstić information content (AvgIpc) is 3.36. The molecule has 4 aromatic rings. The molecule has 126 valence electrons. The lowest BCUT2D eigenvalue weighted by atomic mass is 10.2. The van der Waals surface area contributed by atoms with Gasteiger partial charge in [-0.15, -0.1) is 31.7 Å². The summed E-state index contributed by atoms with van der Waals surface area (Å²) >= 11 is 3.12. The van der Waals surface area contributed by atoms with E-state index in [4.69, 9.17) is 4.42 Å². The first kappa shape index (κ1) is 16.0.